The Balaban J connectivity index is 3.25. The Morgan fingerprint density at radius 1 is 1.40 bits per heavy atom. The molecule has 0 aliphatic heterocycles. The molecule has 0 aliphatic rings. The van der Waals surface area contributed by atoms with E-state index in [1.165, 1.54) is 0 Å². The maximum atomic E-state index is 3.83. The summed E-state index contributed by atoms with van der Waals surface area (Å²) < 4.78 is 1.77. The highest BCUT2D eigenvalue weighted by Crippen LogP contribution is 2.00. The van der Waals surface area contributed by atoms with E-state index in [0.717, 1.165) is 11.6 Å². The second-order valence-electron chi connectivity index (χ2n) is 1.86. The number of hydrogen-bond acceptors (Lipinski definition) is 2. The van der Waals surface area contributed by atoms with Crippen molar-refractivity contribution >= 4 is 12.3 Å². The maximum absolute atomic E-state index is 3.83. The van der Waals surface area contributed by atoms with E-state index in [1.54, 1.807) is 16.8 Å². The van der Waals surface area contributed by atoms with Crippen LogP contribution in [0.3, 0.4) is 0 Å². The first-order chi connectivity index (χ1) is 4.79. The average Bonchev–Trinajstić information content (AvgIpc) is 2.30. The smallest absolute Gasteiger partial charge is 0.160 e. The van der Waals surface area contributed by atoms with E-state index in [9.17, 15) is 0 Å². The zero-order chi connectivity index (χ0) is 7.56. The van der Waals surface area contributed by atoms with E-state index >= 15 is 0 Å². The third kappa shape index (κ3) is 0.857. The number of aryl methyl sites for hydroxylation is 1. The Bertz CT molecular complexity index is 260. The van der Waals surface area contributed by atoms with Gasteiger partial charge >= 0.3 is 0 Å². The molecule has 10 heavy (non-hydrogen) atoms. The van der Waals surface area contributed by atoms with Gasteiger partial charge < -0.3 is 0 Å². The molecule has 0 spiro atoms. The first-order valence-electron chi connectivity index (χ1n) is 2.96. The van der Waals surface area contributed by atoms with Gasteiger partial charge in [-0.05, 0) is 13.0 Å². The molecule has 0 fully saturated rings. The predicted octanol–water partition coefficient (Wildman–Crippen LogP) is 1.33. The quantitative estimate of drug-likeness (QED) is 0.612. The molecule has 0 saturated heterocycles. The van der Waals surface area contributed by atoms with Crippen LogP contribution in [0.2, 0.25) is 0 Å². The fourth-order valence-corrected chi connectivity index (χ4v) is 0.751. The molecule has 0 amide bonds. The van der Waals surface area contributed by atoms with E-state index in [4.69, 9.17) is 0 Å². The zero-order valence-electron chi connectivity index (χ0n) is 5.91. The minimum atomic E-state index is 0.729. The maximum Gasteiger partial charge on any atom is 0.160 e. The number of aromatic nitrogens is 3. The minimum Gasteiger partial charge on any atom is -0.287 e. The summed E-state index contributed by atoms with van der Waals surface area (Å²) >= 11 is 0. The zero-order valence-corrected chi connectivity index (χ0v) is 5.91. The lowest BCUT2D eigenvalue weighted by molar-refractivity contribution is 1.01. The van der Waals surface area contributed by atoms with Crippen LogP contribution in [0.25, 0.3) is 12.3 Å². The van der Waals surface area contributed by atoms with Gasteiger partial charge in [0.25, 0.3) is 0 Å². The molecule has 0 aromatic carbocycles. The Kier molecular flexibility index (Phi) is 1.67. The Hall–Kier alpha value is -1.38. The van der Waals surface area contributed by atoms with Crippen molar-refractivity contribution in [2.24, 2.45) is 0 Å². The van der Waals surface area contributed by atoms with Crippen molar-refractivity contribution in [2.45, 2.75) is 6.92 Å². The monoisotopic (exact) mass is 135 g/mol. The molecule has 1 rings (SSSR count). The van der Waals surface area contributed by atoms with Crippen molar-refractivity contribution in [3.8, 4) is 0 Å². The van der Waals surface area contributed by atoms with Crippen molar-refractivity contribution in [1.82, 2.24) is 14.8 Å². The van der Waals surface area contributed by atoms with Gasteiger partial charge in [0, 0.05) is 6.20 Å². The summed E-state index contributed by atoms with van der Waals surface area (Å²) in [5.41, 5.74) is 0. The van der Waals surface area contributed by atoms with Crippen LogP contribution in [0.15, 0.2) is 13.2 Å². The number of hydrogen-bond donors (Lipinski definition) is 0. The molecule has 0 unspecified atom stereocenters. The molecule has 0 aliphatic carbocycles. The summed E-state index contributed by atoms with van der Waals surface area (Å²) in [6, 6.07) is 0. The van der Waals surface area contributed by atoms with Crippen LogP contribution in [-0.4, -0.2) is 14.8 Å². The second kappa shape index (κ2) is 2.47. The highest BCUT2D eigenvalue weighted by atomic mass is 15.3. The molecule has 0 saturated carbocycles. The Morgan fingerprint density at radius 3 is 2.50 bits per heavy atom. The minimum absolute atomic E-state index is 0.729. The molecule has 0 bridgehead atoms. The summed E-state index contributed by atoms with van der Waals surface area (Å²) in [5.74, 6) is 1.55. The molecule has 0 radical (unpaired) electrons. The van der Waals surface area contributed by atoms with E-state index < -0.39 is 0 Å². The fraction of sp³-hybridized carbons (Fsp3) is 0.143. The van der Waals surface area contributed by atoms with Crippen LogP contribution < -0.4 is 0 Å². The number of nitrogens with zero attached hydrogens (tertiary/aromatic N) is 3. The van der Waals surface area contributed by atoms with Crippen LogP contribution in [0.5, 0.6) is 0 Å². The molecular weight excluding hydrogens is 126 g/mol. The van der Waals surface area contributed by atoms with Crippen LogP contribution in [0.4, 0.5) is 0 Å². The van der Waals surface area contributed by atoms with Crippen molar-refractivity contribution in [3.63, 3.8) is 0 Å². The van der Waals surface area contributed by atoms with E-state index in [0.29, 0.717) is 0 Å². The summed E-state index contributed by atoms with van der Waals surface area (Å²) in [7, 11) is 0. The lowest BCUT2D eigenvalue weighted by Gasteiger charge is -1.94. The highest BCUT2D eigenvalue weighted by Gasteiger charge is 1.99. The van der Waals surface area contributed by atoms with Gasteiger partial charge in [-0.25, -0.2) is 0 Å². The van der Waals surface area contributed by atoms with Crippen molar-refractivity contribution in [3.05, 3.63) is 24.8 Å². The van der Waals surface area contributed by atoms with E-state index in [2.05, 4.69) is 23.4 Å². The van der Waals surface area contributed by atoms with Gasteiger partial charge in [0.2, 0.25) is 0 Å². The predicted molar refractivity (Wildman–Crippen MR) is 41.2 cm³/mol. The van der Waals surface area contributed by atoms with Gasteiger partial charge in [0.05, 0.1) is 0 Å². The molecule has 1 heterocycles. The third-order valence-electron chi connectivity index (χ3n) is 1.26. The first-order valence-corrected chi connectivity index (χ1v) is 2.96. The average molecular weight is 135 g/mol. The Labute approximate surface area is 59.7 Å². The molecule has 52 valence electrons. The van der Waals surface area contributed by atoms with Crippen LogP contribution >= 0.6 is 0 Å². The van der Waals surface area contributed by atoms with Gasteiger partial charge in [-0.2, -0.15) is 0 Å². The van der Waals surface area contributed by atoms with Crippen molar-refractivity contribution < 1.29 is 0 Å². The largest absolute Gasteiger partial charge is 0.287 e. The first kappa shape index (κ1) is 6.74. The van der Waals surface area contributed by atoms with Crippen molar-refractivity contribution in [2.75, 3.05) is 0 Å². The lowest BCUT2D eigenvalue weighted by atomic mass is 10.5. The molecule has 0 N–H and O–H groups in total. The van der Waals surface area contributed by atoms with Gasteiger partial charge in [-0.15, -0.1) is 10.2 Å². The summed E-state index contributed by atoms with van der Waals surface area (Å²) in [6.45, 7) is 9.05. The molecule has 1 aromatic rings. The molecule has 0 atom stereocenters. The van der Waals surface area contributed by atoms with Gasteiger partial charge in [-0.3, -0.25) is 4.57 Å². The van der Waals surface area contributed by atoms with E-state index in [-0.39, 0.29) is 0 Å². The van der Waals surface area contributed by atoms with E-state index in [1.807, 2.05) is 6.92 Å². The van der Waals surface area contributed by atoms with Gasteiger partial charge in [-0.1, -0.05) is 13.2 Å². The fourth-order valence-electron chi connectivity index (χ4n) is 0.751. The highest BCUT2D eigenvalue weighted by molar-refractivity contribution is 5.41. The molecular formula is C7H9N3. The normalized spacial score (nSPS) is 9.30. The summed E-state index contributed by atoms with van der Waals surface area (Å²) in [4.78, 5) is 0. The van der Waals surface area contributed by atoms with Crippen LogP contribution in [0, 0.1) is 6.92 Å². The molecule has 3 heteroatoms. The lowest BCUT2D eigenvalue weighted by Crippen LogP contribution is -1.91. The van der Waals surface area contributed by atoms with Crippen LogP contribution in [0.1, 0.15) is 11.6 Å². The van der Waals surface area contributed by atoms with Crippen LogP contribution in [-0.2, 0) is 0 Å². The van der Waals surface area contributed by atoms with Gasteiger partial charge in [0.1, 0.15) is 5.82 Å². The third-order valence-corrected chi connectivity index (χ3v) is 1.26. The second-order valence-corrected chi connectivity index (χ2v) is 1.86. The molecule has 1 aromatic heterocycles. The SMILES string of the molecule is C=Cc1nnc(C)n1C=C. The summed E-state index contributed by atoms with van der Waals surface area (Å²) in [5, 5.41) is 7.66. The Morgan fingerprint density at radius 2 is 2.10 bits per heavy atom. The standard InChI is InChI=1S/C7H9N3/c1-4-7-9-8-6(3)10(7)5-2/h4-5H,1-2H2,3H3. The van der Waals surface area contributed by atoms with Crippen molar-refractivity contribution in [1.29, 1.82) is 0 Å². The topological polar surface area (TPSA) is 30.7 Å². The van der Waals surface area contributed by atoms with Gasteiger partial charge in [0.15, 0.2) is 5.82 Å². The number of rotatable bonds is 2. The summed E-state index contributed by atoms with van der Waals surface area (Å²) in [6.07, 6.45) is 3.30. The molecule has 3 nitrogen and oxygen atoms in total.